The summed E-state index contributed by atoms with van der Waals surface area (Å²) in [5.41, 5.74) is 3.73. The molecule has 2 aromatic carbocycles. The zero-order valence-corrected chi connectivity index (χ0v) is 14.7. The first-order valence-electron chi connectivity index (χ1n) is 8.04. The average Bonchev–Trinajstić information content (AvgIpc) is 3.03. The molecule has 0 aliphatic heterocycles. The SMILES string of the molecule is Cc1cc(-c2n[nH]c(-c3ccc(C(C)(C)C)cc3)n2)ccc1[N+](=O)[O-]. The second-order valence-corrected chi connectivity index (χ2v) is 7.09. The van der Waals surface area contributed by atoms with Crippen LogP contribution in [0.4, 0.5) is 5.69 Å². The third-order valence-corrected chi connectivity index (χ3v) is 4.16. The number of benzene rings is 2. The summed E-state index contributed by atoms with van der Waals surface area (Å²) in [5, 5.41) is 18.1. The summed E-state index contributed by atoms with van der Waals surface area (Å²) in [6.45, 7) is 8.23. The normalized spacial score (nSPS) is 11.5. The molecule has 0 saturated heterocycles. The highest BCUT2D eigenvalue weighted by atomic mass is 16.6. The van der Waals surface area contributed by atoms with Gasteiger partial charge in [0.05, 0.1) is 4.92 Å². The van der Waals surface area contributed by atoms with Crippen LogP contribution in [0.3, 0.4) is 0 Å². The number of aromatic amines is 1. The van der Waals surface area contributed by atoms with Crippen molar-refractivity contribution in [2.24, 2.45) is 0 Å². The van der Waals surface area contributed by atoms with E-state index < -0.39 is 0 Å². The van der Waals surface area contributed by atoms with E-state index in [2.05, 4.69) is 48.1 Å². The molecule has 6 heteroatoms. The second-order valence-electron chi connectivity index (χ2n) is 7.09. The molecule has 1 aromatic heterocycles. The number of nitrogens with zero attached hydrogens (tertiary/aromatic N) is 3. The monoisotopic (exact) mass is 336 g/mol. The number of aromatic nitrogens is 3. The van der Waals surface area contributed by atoms with Crippen LogP contribution in [0.25, 0.3) is 22.8 Å². The average molecular weight is 336 g/mol. The van der Waals surface area contributed by atoms with Gasteiger partial charge in [-0.15, -0.1) is 0 Å². The Morgan fingerprint density at radius 2 is 1.68 bits per heavy atom. The van der Waals surface area contributed by atoms with Crippen LogP contribution in [0.15, 0.2) is 42.5 Å². The minimum Gasteiger partial charge on any atom is -0.259 e. The van der Waals surface area contributed by atoms with Gasteiger partial charge in [-0.2, -0.15) is 5.10 Å². The fourth-order valence-electron chi connectivity index (χ4n) is 2.65. The molecule has 25 heavy (non-hydrogen) atoms. The smallest absolute Gasteiger partial charge is 0.259 e. The largest absolute Gasteiger partial charge is 0.272 e. The van der Waals surface area contributed by atoms with E-state index in [0.29, 0.717) is 17.2 Å². The molecular weight excluding hydrogens is 316 g/mol. The molecular formula is C19H20N4O2. The first-order valence-corrected chi connectivity index (χ1v) is 8.04. The molecule has 3 aromatic rings. The Morgan fingerprint density at radius 1 is 1.04 bits per heavy atom. The Hall–Kier alpha value is -3.02. The van der Waals surface area contributed by atoms with Crippen molar-refractivity contribution in [3.8, 4) is 22.8 Å². The minimum absolute atomic E-state index is 0.0947. The van der Waals surface area contributed by atoms with Gasteiger partial charge in [0.1, 0.15) is 0 Å². The number of nitro groups is 1. The van der Waals surface area contributed by atoms with Crippen molar-refractivity contribution in [2.75, 3.05) is 0 Å². The van der Waals surface area contributed by atoms with Crippen molar-refractivity contribution in [3.63, 3.8) is 0 Å². The third-order valence-electron chi connectivity index (χ3n) is 4.16. The van der Waals surface area contributed by atoms with Gasteiger partial charge in [-0.05, 0) is 30.0 Å². The first kappa shape index (κ1) is 16.8. The van der Waals surface area contributed by atoms with Crippen LogP contribution in [0.2, 0.25) is 0 Å². The van der Waals surface area contributed by atoms with Crippen molar-refractivity contribution in [2.45, 2.75) is 33.1 Å². The molecule has 1 heterocycles. The van der Waals surface area contributed by atoms with Gasteiger partial charge >= 0.3 is 0 Å². The van der Waals surface area contributed by atoms with Crippen molar-refractivity contribution < 1.29 is 4.92 Å². The highest BCUT2D eigenvalue weighted by Gasteiger charge is 2.15. The summed E-state index contributed by atoms with van der Waals surface area (Å²) >= 11 is 0. The summed E-state index contributed by atoms with van der Waals surface area (Å²) in [5.74, 6) is 1.19. The zero-order chi connectivity index (χ0) is 18.2. The van der Waals surface area contributed by atoms with Crippen LogP contribution >= 0.6 is 0 Å². The summed E-state index contributed by atoms with van der Waals surface area (Å²) in [7, 11) is 0. The van der Waals surface area contributed by atoms with E-state index in [1.165, 1.54) is 11.6 Å². The highest BCUT2D eigenvalue weighted by molar-refractivity contribution is 5.63. The van der Waals surface area contributed by atoms with Gasteiger partial charge in [0.2, 0.25) is 0 Å². The molecule has 0 aliphatic rings. The summed E-state index contributed by atoms with van der Waals surface area (Å²) in [6.07, 6.45) is 0. The Balaban J connectivity index is 1.90. The molecule has 0 aliphatic carbocycles. The second kappa shape index (κ2) is 6.12. The quantitative estimate of drug-likeness (QED) is 0.557. The highest BCUT2D eigenvalue weighted by Crippen LogP contribution is 2.27. The summed E-state index contributed by atoms with van der Waals surface area (Å²) < 4.78 is 0. The number of aryl methyl sites for hydroxylation is 1. The molecule has 0 amide bonds. The Kier molecular flexibility index (Phi) is 4.12. The van der Waals surface area contributed by atoms with Crippen LogP contribution in [0, 0.1) is 17.0 Å². The van der Waals surface area contributed by atoms with E-state index in [-0.39, 0.29) is 16.0 Å². The van der Waals surface area contributed by atoms with Gasteiger partial charge in [0.25, 0.3) is 5.69 Å². The lowest BCUT2D eigenvalue weighted by Gasteiger charge is -2.18. The lowest BCUT2D eigenvalue weighted by Crippen LogP contribution is -2.10. The molecule has 0 fully saturated rings. The molecule has 0 spiro atoms. The molecule has 0 unspecified atom stereocenters. The zero-order valence-electron chi connectivity index (χ0n) is 14.7. The lowest BCUT2D eigenvalue weighted by atomic mass is 9.87. The van der Waals surface area contributed by atoms with E-state index in [0.717, 1.165) is 11.1 Å². The third kappa shape index (κ3) is 3.42. The van der Waals surface area contributed by atoms with Crippen LogP contribution < -0.4 is 0 Å². The Bertz CT molecular complexity index is 921. The molecule has 0 atom stereocenters. The van der Waals surface area contributed by atoms with E-state index >= 15 is 0 Å². The maximum atomic E-state index is 10.9. The van der Waals surface area contributed by atoms with Crippen LogP contribution in [0.5, 0.6) is 0 Å². The number of hydrogen-bond donors (Lipinski definition) is 1. The van der Waals surface area contributed by atoms with Crippen LogP contribution in [0.1, 0.15) is 31.9 Å². The van der Waals surface area contributed by atoms with E-state index in [9.17, 15) is 10.1 Å². The molecule has 0 radical (unpaired) electrons. The van der Waals surface area contributed by atoms with E-state index in [1.54, 1.807) is 19.1 Å². The van der Waals surface area contributed by atoms with Gasteiger partial charge < -0.3 is 0 Å². The summed E-state index contributed by atoms with van der Waals surface area (Å²) in [6, 6.07) is 13.1. The van der Waals surface area contributed by atoms with Gasteiger partial charge in [0.15, 0.2) is 11.6 Å². The van der Waals surface area contributed by atoms with Gasteiger partial charge in [-0.25, -0.2) is 4.98 Å². The summed E-state index contributed by atoms with van der Waals surface area (Å²) in [4.78, 5) is 15.1. The van der Waals surface area contributed by atoms with E-state index in [4.69, 9.17) is 0 Å². The number of nitrogens with one attached hydrogen (secondary N) is 1. The van der Waals surface area contributed by atoms with Crippen LogP contribution in [-0.4, -0.2) is 20.1 Å². The first-order chi connectivity index (χ1) is 11.8. The van der Waals surface area contributed by atoms with Crippen molar-refractivity contribution >= 4 is 5.69 Å². The number of rotatable bonds is 3. The predicted molar refractivity (Wildman–Crippen MR) is 97.3 cm³/mol. The number of H-pyrrole nitrogens is 1. The molecule has 0 bridgehead atoms. The Labute approximate surface area is 146 Å². The molecule has 6 nitrogen and oxygen atoms in total. The van der Waals surface area contributed by atoms with E-state index in [1.807, 2.05) is 12.1 Å². The maximum Gasteiger partial charge on any atom is 0.272 e. The topological polar surface area (TPSA) is 84.7 Å². The number of hydrogen-bond acceptors (Lipinski definition) is 4. The van der Waals surface area contributed by atoms with Crippen molar-refractivity contribution in [1.29, 1.82) is 0 Å². The number of nitro benzene ring substituents is 1. The minimum atomic E-state index is -0.390. The predicted octanol–water partition coefficient (Wildman–Crippen LogP) is 4.65. The fraction of sp³-hybridized carbons (Fsp3) is 0.263. The van der Waals surface area contributed by atoms with Gasteiger partial charge in [-0.3, -0.25) is 15.2 Å². The Morgan fingerprint density at radius 3 is 2.24 bits per heavy atom. The molecule has 0 saturated carbocycles. The van der Waals surface area contributed by atoms with Crippen molar-refractivity contribution in [3.05, 3.63) is 63.7 Å². The maximum absolute atomic E-state index is 10.9. The fourth-order valence-corrected chi connectivity index (χ4v) is 2.65. The molecule has 1 N–H and O–H groups in total. The lowest BCUT2D eigenvalue weighted by molar-refractivity contribution is -0.385. The van der Waals surface area contributed by atoms with Gasteiger partial charge in [-0.1, -0.05) is 45.0 Å². The standard InChI is InChI=1S/C19H20N4O2/c1-12-11-14(7-10-16(12)23(24)25)18-20-17(21-22-18)13-5-8-15(9-6-13)19(2,3)4/h5-11H,1-4H3,(H,20,21,22). The molecule has 128 valence electrons. The van der Waals surface area contributed by atoms with Gasteiger partial charge in [0, 0.05) is 22.8 Å². The molecule has 3 rings (SSSR count). The van der Waals surface area contributed by atoms with Crippen LogP contribution in [-0.2, 0) is 5.41 Å². The van der Waals surface area contributed by atoms with Crippen molar-refractivity contribution in [1.82, 2.24) is 15.2 Å².